The molecule has 0 unspecified atom stereocenters. The first-order valence-corrected chi connectivity index (χ1v) is 7.78. The van der Waals surface area contributed by atoms with E-state index in [0.29, 0.717) is 0 Å². The fourth-order valence-corrected chi connectivity index (χ4v) is 3.34. The first kappa shape index (κ1) is 13.9. The van der Waals surface area contributed by atoms with Gasteiger partial charge < -0.3 is 5.32 Å². The Morgan fingerprint density at radius 1 is 0.957 bits per heavy atom. The number of rotatable bonds is 3. The number of benzene rings is 3. The Balaban J connectivity index is 1.61. The van der Waals surface area contributed by atoms with E-state index in [1.807, 2.05) is 12.1 Å². The lowest BCUT2D eigenvalue weighted by Crippen LogP contribution is -2.14. The maximum atomic E-state index is 12.9. The zero-order chi connectivity index (χ0) is 15.8. The van der Waals surface area contributed by atoms with Gasteiger partial charge in [-0.25, -0.2) is 4.39 Å². The Morgan fingerprint density at radius 3 is 2.48 bits per heavy atom. The van der Waals surface area contributed by atoms with Crippen LogP contribution in [0, 0.1) is 5.82 Å². The summed E-state index contributed by atoms with van der Waals surface area (Å²) in [6.07, 6.45) is 2.38. The van der Waals surface area contributed by atoms with E-state index in [2.05, 4.69) is 23.5 Å². The summed E-state index contributed by atoms with van der Waals surface area (Å²) in [6.45, 7) is 0. The van der Waals surface area contributed by atoms with E-state index < -0.39 is 0 Å². The highest BCUT2D eigenvalue weighted by Crippen LogP contribution is 2.34. The number of amides is 1. The van der Waals surface area contributed by atoms with E-state index in [-0.39, 0.29) is 18.1 Å². The number of hydrogen-bond acceptors (Lipinski definition) is 1. The van der Waals surface area contributed by atoms with Crippen LogP contribution in [0.15, 0.2) is 54.6 Å². The molecule has 0 bridgehead atoms. The lowest BCUT2D eigenvalue weighted by Gasteiger charge is -2.10. The van der Waals surface area contributed by atoms with Crippen molar-refractivity contribution in [2.75, 3.05) is 5.32 Å². The lowest BCUT2D eigenvalue weighted by molar-refractivity contribution is -0.115. The van der Waals surface area contributed by atoms with Crippen LogP contribution in [0.4, 0.5) is 10.1 Å². The van der Waals surface area contributed by atoms with E-state index >= 15 is 0 Å². The number of anilines is 1. The van der Waals surface area contributed by atoms with Gasteiger partial charge in [0.15, 0.2) is 0 Å². The van der Waals surface area contributed by atoms with Crippen molar-refractivity contribution in [1.82, 2.24) is 0 Å². The molecule has 0 saturated carbocycles. The highest BCUT2D eigenvalue weighted by Gasteiger charge is 2.16. The van der Waals surface area contributed by atoms with Gasteiger partial charge in [-0.3, -0.25) is 4.79 Å². The largest absolute Gasteiger partial charge is 0.325 e. The molecular formula is C20H16FNO. The minimum atomic E-state index is -0.290. The lowest BCUT2D eigenvalue weighted by atomic mass is 10.0. The molecule has 0 saturated heterocycles. The van der Waals surface area contributed by atoms with Crippen LogP contribution < -0.4 is 5.32 Å². The zero-order valence-electron chi connectivity index (χ0n) is 12.6. The molecule has 0 radical (unpaired) electrons. The first-order chi connectivity index (χ1) is 11.2. The van der Waals surface area contributed by atoms with Gasteiger partial charge in [-0.15, -0.1) is 0 Å². The van der Waals surface area contributed by atoms with Gasteiger partial charge in [0.25, 0.3) is 0 Å². The van der Waals surface area contributed by atoms with Crippen molar-refractivity contribution in [3.8, 4) is 0 Å². The molecule has 4 rings (SSSR count). The third-order valence-electron chi connectivity index (χ3n) is 4.43. The van der Waals surface area contributed by atoms with Crippen LogP contribution in [0.5, 0.6) is 0 Å². The standard InChI is InChI=1S/C20H16FNO/c21-16-9-4-13(5-10-16)12-19(23)22-18-11-8-15-7-6-14-2-1-3-17(18)20(14)15/h1-5,8-11H,6-7,12H2,(H,22,23). The molecule has 0 atom stereocenters. The molecule has 3 aromatic rings. The topological polar surface area (TPSA) is 29.1 Å². The van der Waals surface area contributed by atoms with Crippen LogP contribution in [-0.2, 0) is 24.1 Å². The smallest absolute Gasteiger partial charge is 0.228 e. The van der Waals surface area contributed by atoms with Gasteiger partial charge in [-0.1, -0.05) is 36.4 Å². The number of hydrogen-bond donors (Lipinski definition) is 1. The van der Waals surface area contributed by atoms with Crippen LogP contribution in [-0.4, -0.2) is 5.91 Å². The summed E-state index contributed by atoms with van der Waals surface area (Å²) in [7, 11) is 0. The van der Waals surface area contributed by atoms with Crippen molar-refractivity contribution in [3.63, 3.8) is 0 Å². The van der Waals surface area contributed by atoms with Gasteiger partial charge >= 0.3 is 0 Å². The molecule has 3 heteroatoms. The number of aryl methyl sites for hydroxylation is 2. The maximum Gasteiger partial charge on any atom is 0.228 e. The molecule has 0 fully saturated rings. The number of carbonyl (C=O) groups excluding carboxylic acids is 1. The summed E-state index contributed by atoms with van der Waals surface area (Å²) in [5.74, 6) is -0.378. The van der Waals surface area contributed by atoms with Crippen molar-refractivity contribution in [2.24, 2.45) is 0 Å². The molecule has 1 aliphatic rings. The Morgan fingerprint density at radius 2 is 1.70 bits per heavy atom. The normalized spacial score (nSPS) is 12.6. The van der Waals surface area contributed by atoms with Crippen LogP contribution in [0.25, 0.3) is 10.8 Å². The number of nitrogens with one attached hydrogen (secondary N) is 1. The molecule has 114 valence electrons. The van der Waals surface area contributed by atoms with Crippen LogP contribution in [0.3, 0.4) is 0 Å². The molecule has 0 spiro atoms. The fraction of sp³-hybridized carbons (Fsp3) is 0.150. The minimum absolute atomic E-state index is 0.0877. The Hall–Kier alpha value is -2.68. The van der Waals surface area contributed by atoms with Gasteiger partial charge in [-0.2, -0.15) is 0 Å². The third kappa shape index (κ3) is 2.59. The van der Waals surface area contributed by atoms with Crippen molar-refractivity contribution in [1.29, 1.82) is 0 Å². The quantitative estimate of drug-likeness (QED) is 0.769. The predicted octanol–water partition coefficient (Wildman–Crippen LogP) is 4.26. The van der Waals surface area contributed by atoms with Gasteiger partial charge in [-0.05, 0) is 53.1 Å². The summed E-state index contributed by atoms with van der Waals surface area (Å²) in [6, 6.07) is 16.4. The highest BCUT2D eigenvalue weighted by atomic mass is 19.1. The fourth-order valence-electron chi connectivity index (χ4n) is 3.34. The summed E-state index contributed by atoms with van der Waals surface area (Å²) < 4.78 is 12.9. The SMILES string of the molecule is O=C(Cc1ccc(F)cc1)Nc1ccc2c3c(cccc13)CC2. The molecule has 1 aliphatic carbocycles. The van der Waals surface area contributed by atoms with E-state index in [0.717, 1.165) is 29.5 Å². The number of carbonyl (C=O) groups is 1. The average molecular weight is 305 g/mol. The molecule has 0 aliphatic heterocycles. The van der Waals surface area contributed by atoms with Gasteiger partial charge in [0.1, 0.15) is 5.82 Å². The molecular weight excluding hydrogens is 289 g/mol. The van der Waals surface area contributed by atoms with Crippen LogP contribution in [0.1, 0.15) is 16.7 Å². The third-order valence-corrected chi connectivity index (χ3v) is 4.43. The van der Waals surface area contributed by atoms with Crippen LogP contribution in [0.2, 0.25) is 0 Å². The molecule has 1 N–H and O–H groups in total. The first-order valence-electron chi connectivity index (χ1n) is 7.78. The van der Waals surface area contributed by atoms with Crippen molar-refractivity contribution in [3.05, 3.63) is 77.1 Å². The molecule has 23 heavy (non-hydrogen) atoms. The van der Waals surface area contributed by atoms with Gasteiger partial charge in [0.05, 0.1) is 6.42 Å². The molecule has 0 aromatic heterocycles. The number of halogens is 1. The highest BCUT2D eigenvalue weighted by molar-refractivity contribution is 6.05. The average Bonchev–Trinajstić information content (AvgIpc) is 2.97. The van der Waals surface area contributed by atoms with Crippen molar-refractivity contribution < 1.29 is 9.18 Å². The summed E-state index contributed by atoms with van der Waals surface area (Å²) in [5.41, 5.74) is 4.36. The van der Waals surface area contributed by atoms with E-state index in [4.69, 9.17) is 0 Å². The Kier molecular flexibility index (Phi) is 3.34. The predicted molar refractivity (Wildman–Crippen MR) is 90.1 cm³/mol. The Bertz CT molecular complexity index is 889. The van der Waals surface area contributed by atoms with Crippen LogP contribution >= 0.6 is 0 Å². The molecule has 3 aromatic carbocycles. The van der Waals surface area contributed by atoms with Crippen molar-refractivity contribution >= 4 is 22.4 Å². The summed E-state index contributed by atoms with van der Waals surface area (Å²) in [5, 5.41) is 5.38. The van der Waals surface area contributed by atoms with E-state index in [1.165, 1.54) is 28.6 Å². The second-order valence-corrected chi connectivity index (χ2v) is 5.96. The minimum Gasteiger partial charge on any atom is -0.325 e. The second-order valence-electron chi connectivity index (χ2n) is 5.96. The molecule has 2 nitrogen and oxygen atoms in total. The van der Waals surface area contributed by atoms with E-state index in [9.17, 15) is 9.18 Å². The van der Waals surface area contributed by atoms with E-state index in [1.54, 1.807) is 12.1 Å². The Labute approximate surface area is 134 Å². The molecule has 0 heterocycles. The summed E-state index contributed by atoms with van der Waals surface area (Å²) in [4.78, 5) is 12.3. The van der Waals surface area contributed by atoms with Gasteiger partial charge in [0, 0.05) is 11.1 Å². The maximum absolute atomic E-state index is 12.9. The second kappa shape index (κ2) is 5.51. The molecule has 1 amide bonds. The summed E-state index contributed by atoms with van der Waals surface area (Å²) >= 11 is 0. The monoisotopic (exact) mass is 305 g/mol. The van der Waals surface area contributed by atoms with Crippen molar-refractivity contribution in [2.45, 2.75) is 19.3 Å². The van der Waals surface area contributed by atoms with Gasteiger partial charge in [0.2, 0.25) is 5.91 Å². The zero-order valence-corrected chi connectivity index (χ0v) is 12.6.